The second-order valence-electron chi connectivity index (χ2n) is 4.92. The summed E-state index contributed by atoms with van der Waals surface area (Å²) in [6.07, 6.45) is -6.28. The Kier molecular flexibility index (Phi) is 2.99. The standard InChI is InChI=1S/C13H9F4N3O2/c14-7-3-1-2-6(4-7)10-9-11(20-19-10)18-8(21)5-12(9,22)13(15,16)17/h1-4,22H,5H2,(H2,18,19,20,21). The van der Waals surface area contributed by atoms with Crippen LogP contribution in [0.4, 0.5) is 23.4 Å². The van der Waals surface area contributed by atoms with Gasteiger partial charge < -0.3 is 10.4 Å². The maximum atomic E-state index is 13.3. The molecule has 2 aromatic rings. The quantitative estimate of drug-likeness (QED) is 0.707. The first-order valence-electron chi connectivity index (χ1n) is 6.16. The summed E-state index contributed by atoms with van der Waals surface area (Å²) >= 11 is 0. The van der Waals surface area contributed by atoms with Gasteiger partial charge in [-0.05, 0) is 12.1 Å². The van der Waals surface area contributed by atoms with E-state index in [0.717, 1.165) is 12.1 Å². The summed E-state index contributed by atoms with van der Waals surface area (Å²) in [5.41, 5.74) is -4.23. The van der Waals surface area contributed by atoms with Gasteiger partial charge in [0.05, 0.1) is 12.0 Å². The monoisotopic (exact) mass is 315 g/mol. The number of nitrogens with zero attached hydrogens (tertiary/aromatic N) is 1. The number of carbonyl (C=O) groups is 1. The lowest BCUT2D eigenvalue weighted by Crippen LogP contribution is -2.48. The van der Waals surface area contributed by atoms with E-state index in [4.69, 9.17) is 0 Å². The third-order valence-corrected chi connectivity index (χ3v) is 3.43. The van der Waals surface area contributed by atoms with Crippen molar-refractivity contribution < 1.29 is 27.5 Å². The summed E-state index contributed by atoms with van der Waals surface area (Å²) in [6.45, 7) is 0. The van der Waals surface area contributed by atoms with Crippen LogP contribution in [-0.2, 0) is 10.4 Å². The minimum Gasteiger partial charge on any atom is -0.376 e. The Morgan fingerprint density at radius 1 is 1.32 bits per heavy atom. The van der Waals surface area contributed by atoms with Crippen molar-refractivity contribution in [3.05, 3.63) is 35.6 Å². The molecule has 1 aliphatic rings. The maximum absolute atomic E-state index is 13.3. The van der Waals surface area contributed by atoms with Crippen molar-refractivity contribution in [3.63, 3.8) is 0 Å². The molecule has 0 bridgehead atoms. The number of nitrogens with one attached hydrogen (secondary N) is 2. The van der Waals surface area contributed by atoms with Gasteiger partial charge in [0.15, 0.2) is 5.60 Å². The van der Waals surface area contributed by atoms with Crippen molar-refractivity contribution in [2.75, 3.05) is 5.32 Å². The smallest absolute Gasteiger partial charge is 0.376 e. The van der Waals surface area contributed by atoms with E-state index in [2.05, 4.69) is 15.5 Å². The third kappa shape index (κ3) is 2.05. The second-order valence-corrected chi connectivity index (χ2v) is 4.92. The van der Waals surface area contributed by atoms with Gasteiger partial charge in [0.2, 0.25) is 5.91 Å². The third-order valence-electron chi connectivity index (χ3n) is 3.43. The predicted molar refractivity (Wildman–Crippen MR) is 67.2 cm³/mol. The highest BCUT2D eigenvalue weighted by Crippen LogP contribution is 2.49. The average Bonchev–Trinajstić information content (AvgIpc) is 2.81. The first-order valence-corrected chi connectivity index (χ1v) is 6.16. The lowest BCUT2D eigenvalue weighted by molar-refractivity contribution is -0.267. The van der Waals surface area contributed by atoms with Crippen LogP contribution in [0.15, 0.2) is 24.3 Å². The van der Waals surface area contributed by atoms with Crippen molar-refractivity contribution in [1.29, 1.82) is 0 Å². The fourth-order valence-electron chi connectivity index (χ4n) is 2.43. The van der Waals surface area contributed by atoms with Crippen molar-refractivity contribution in [1.82, 2.24) is 10.2 Å². The lowest BCUT2D eigenvalue weighted by Gasteiger charge is -2.33. The van der Waals surface area contributed by atoms with Crippen molar-refractivity contribution in [2.24, 2.45) is 0 Å². The minimum atomic E-state index is -5.09. The highest BCUT2D eigenvalue weighted by molar-refractivity contribution is 5.96. The summed E-state index contributed by atoms with van der Waals surface area (Å²) < 4.78 is 53.1. The molecule has 116 valence electrons. The highest BCUT2D eigenvalue weighted by Gasteiger charge is 2.60. The Labute approximate surface area is 121 Å². The molecular weight excluding hydrogens is 306 g/mol. The number of hydrogen-bond donors (Lipinski definition) is 3. The Bertz CT molecular complexity index is 756. The zero-order valence-electron chi connectivity index (χ0n) is 10.8. The van der Waals surface area contributed by atoms with Crippen LogP contribution in [0.25, 0.3) is 11.3 Å². The van der Waals surface area contributed by atoms with E-state index in [9.17, 15) is 27.5 Å². The highest BCUT2D eigenvalue weighted by atomic mass is 19.4. The van der Waals surface area contributed by atoms with Gasteiger partial charge in [0.1, 0.15) is 17.3 Å². The Balaban J connectivity index is 2.25. The summed E-state index contributed by atoms with van der Waals surface area (Å²) in [5, 5.41) is 18.2. The number of halogens is 4. The Morgan fingerprint density at radius 3 is 2.68 bits per heavy atom. The van der Waals surface area contributed by atoms with Gasteiger partial charge in [-0.3, -0.25) is 9.89 Å². The average molecular weight is 315 g/mol. The maximum Gasteiger partial charge on any atom is 0.422 e. The van der Waals surface area contributed by atoms with Gasteiger partial charge in [-0.2, -0.15) is 18.3 Å². The number of aromatic amines is 1. The van der Waals surface area contributed by atoms with Crippen LogP contribution >= 0.6 is 0 Å². The molecule has 0 spiro atoms. The fraction of sp³-hybridized carbons (Fsp3) is 0.231. The molecule has 3 N–H and O–H groups in total. The molecule has 1 aromatic heterocycles. The molecule has 0 fully saturated rings. The number of aliphatic hydroxyl groups is 1. The molecule has 1 unspecified atom stereocenters. The number of alkyl halides is 3. The van der Waals surface area contributed by atoms with Crippen LogP contribution in [0.1, 0.15) is 12.0 Å². The number of amides is 1. The number of H-pyrrole nitrogens is 1. The van der Waals surface area contributed by atoms with Crippen LogP contribution < -0.4 is 5.32 Å². The Morgan fingerprint density at radius 2 is 2.05 bits per heavy atom. The van der Waals surface area contributed by atoms with E-state index in [-0.39, 0.29) is 17.1 Å². The van der Waals surface area contributed by atoms with Crippen molar-refractivity contribution in [2.45, 2.75) is 18.2 Å². The van der Waals surface area contributed by atoms with E-state index in [1.807, 2.05) is 0 Å². The first kappa shape index (κ1) is 14.5. The number of rotatable bonds is 1. The van der Waals surface area contributed by atoms with Crippen LogP contribution in [0, 0.1) is 5.82 Å². The van der Waals surface area contributed by atoms with Gasteiger partial charge in [0, 0.05) is 5.56 Å². The zero-order valence-corrected chi connectivity index (χ0v) is 10.8. The molecule has 1 amide bonds. The van der Waals surface area contributed by atoms with Crippen LogP contribution in [0.2, 0.25) is 0 Å². The molecule has 22 heavy (non-hydrogen) atoms. The van der Waals surface area contributed by atoms with E-state index in [1.165, 1.54) is 12.1 Å². The summed E-state index contributed by atoms with van der Waals surface area (Å²) in [6, 6.07) is 4.77. The van der Waals surface area contributed by atoms with Crippen molar-refractivity contribution >= 4 is 11.7 Å². The molecular formula is C13H9F4N3O2. The van der Waals surface area contributed by atoms with E-state index < -0.39 is 35.5 Å². The largest absolute Gasteiger partial charge is 0.422 e. The lowest BCUT2D eigenvalue weighted by atomic mass is 9.85. The van der Waals surface area contributed by atoms with E-state index in [0.29, 0.717) is 0 Å². The first-order chi connectivity index (χ1) is 10.2. The van der Waals surface area contributed by atoms with Gasteiger partial charge in [-0.25, -0.2) is 4.39 Å². The van der Waals surface area contributed by atoms with Crippen LogP contribution in [0.3, 0.4) is 0 Å². The minimum absolute atomic E-state index is 0.0522. The molecule has 1 aliphatic heterocycles. The molecule has 0 saturated heterocycles. The van der Waals surface area contributed by atoms with E-state index in [1.54, 1.807) is 0 Å². The molecule has 2 heterocycles. The molecule has 0 aliphatic carbocycles. The number of aromatic nitrogens is 2. The van der Waals surface area contributed by atoms with Gasteiger partial charge in [-0.1, -0.05) is 12.1 Å². The predicted octanol–water partition coefficient (Wildman–Crippen LogP) is 2.31. The summed E-state index contributed by atoms with van der Waals surface area (Å²) in [4.78, 5) is 11.4. The molecule has 1 aromatic carbocycles. The summed E-state index contributed by atoms with van der Waals surface area (Å²) in [5.74, 6) is -2.01. The number of fused-ring (bicyclic) bond motifs is 1. The molecule has 5 nitrogen and oxygen atoms in total. The SMILES string of the molecule is O=C1CC(O)(C(F)(F)F)c2c(-c3cccc(F)c3)n[nH]c2N1. The van der Waals surface area contributed by atoms with Gasteiger partial charge >= 0.3 is 6.18 Å². The number of anilines is 1. The van der Waals surface area contributed by atoms with Crippen molar-refractivity contribution in [3.8, 4) is 11.3 Å². The number of benzene rings is 1. The molecule has 1 atom stereocenters. The normalized spacial score (nSPS) is 21.4. The van der Waals surface area contributed by atoms with E-state index >= 15 is 0 Å². The molecule has 9 heteroatoms. The van der Waals surface area contributed by atoms with Crippen LogP contribution in [-0.4, -0.2) is 27.4 Å². The van der Waals surface area contributed by atoms with Gasteiger partial charge in [0.25, 0.3) is 0 Å². The zero-order chi connectivity index (χ0) is 16.1. The molecule has 0 radical (unpaired) electrons. The second kappa shape index (κ2) is 4.54. The van der Waals surface area contributed by atoms with Gasteiger partial charge in [-0.15, -0.1) is 0 Å². The molecule has 3 rings (SSSR count). The number of carbonyl (C=O) groups excluding carboxylic acids is 1. The van der Waals surface area contributed by atoms with Crippen LogP contribution in [0.5, 0.6) is 0 Å². The number of hydrogen-bond acceptors (Lipinski definition) is 3. The topological polar surface area (TPSA) is 78.0 Å². The summed E-state index contributed by atoms with van der Waals surface area (Å²) in [7, 11) is 0. The Hall–Kier alpha value is -2.42. The molecule has 0 saturated carbocycles. The fourth-order valence-corrected chi connectivity index (χ4v) is 2.43.